The Morgan fingerprint density at radius 3 is 2.47 bits per heavy atom. The minimum atomic E-state index is -1.56. The normalized spacial score (nSPS) is 26.1. The lowest BCUT2D eigenvalue weighted by Gasteiger charge is -2.38. The summed E-state index contributed by atoms with van der Waals surface area (Å²) in [5, 5.41) is 10.1. The summed E-state index contributed by atoms with van der Waals surface area (Å²) >= 11 is 0. The van der Waals surface area contributed by atoms with Gasteiger partial charge in [0, 0.05) is 13.0 Å². The SMILES string of the molecule is CC(CC(=O)N1CCCC(O)(C(N)=O)C1)C(C)(C)C. The quantitative estimate of drug-likeness (QED) is 0.799. The number of hydrogen-bond donors (Lipinski definition) is 2. The molecule has 1 heterocycles. The molecule has 0 saturated carbocycles. The van der Waals surface area contributed by atoms with Crippen molar-refractivity contribution in [2.45, 2.75) is 52.6 Å². The van der Waals surface area contributed by atoms with Gasteiger partial charge in [-0.1, -0.05) is 27.7 Å². The second kappa shape index (κ2) is 5.49. The Morgan fingerprint density at radius 2 is 2.00 bits per heavy atom. The van der Waals surface area contributed by atoms with Crippen molar-refractivity contribution in [3.63, 3.8) is 0 Å². The first kappa shape index (κ1) is 16.0. The van der Waals surface area contributed by atoms with Gasteiger partial charge in [0.05, 0.1) is 6.54 Å². The van der Waals surface area contributed by atoms with E-state index >= 15 is 0 Å². The van der Waals surface area contributed by atoms with Crippen molar-refractivity contribution in [3.05, 3.63) is 0 Å². The van der Waals surface area contributed by atoms with Crippen LogP contribution in [0.5, 0.6) is 0 Å². The zero-order valence-corrected chi connectivity index (χ0v) is 12.4. The summed E-state index contributed by atoms with van der Waals surface area (Å²) < 4.78 is 0. The molecule has 1 fully saturated rings. The van der Waals surface area contributed by atoms with Crippen LogP contribution < -0.4 is 5.73 Å². The number of rotatable bonds is 3. The Labute approximate surface area is 115 Å². The molecule has 0 bridgehead atoms. The predicted molar refractivity (Wildman–Crippen MR) is 73.2 cm³/mol. The number of aliphatic hydroxyl groups is 1. The van der Waals surface area contributed by atoms with Crippen molar-refractivity contribution in [2.24, 2.45) is 17.1 Å². The van der Waals surface area contributed by atoms with E-state index < -0.39 is 11.5 Å². The highest BCUT2D eigenvalue weighted by molar-refractivity contribution is 5.85. The van der Waals surface area contributed by atoms with Crippen molar-refractivity contribution in [2.75, 3.05) is 13.1 Å². The summed E-state index contributed by atoms with van der Waals surface area (Å²) in [4.78, 5) is 25.1. The van der Waals surface area contributed by atoms with Crippen molar-refractivity contribution in [1.82, 2.24) is 4.90 Å². The van der Waals surface area contributed by atoms with Crippen molar-refractivity contribution >= 4 is 11.8 Å². The highest BCUT2D eigenvalue weighted by Crippen LogP contribution is 2.29. The summed E-state index contributed by atoms with van der Waals surface area (Å²) in [6.45, 7) is 8.95. The zero-order chi connectivity index (χ0) is 14.8. The van der Waals surface area contributed by atoms with E-state index in [1.165, 1.54) is 0 Å². The Bertz CT molecular complexity index is 362. The van der Waals surface area contributed by atoms with Crippen molar-refractivity contribution in [3.8, 4) is 0 Å². The van der Waals surface area contributed by atoms with Gasteiger partial charge in [-0.2, -0.15) is 0 Å². The largest absolute Gasteiger partial charge is 0.378 e. The molecule has 2 unspecified atom stereocenters. The predicted octanol–water partition coefficient (Wildman–Crippen LogP) is 0.897. The summed E-state index contributed by atoms with van der Waals surface area (Å²) in [5.41, 5.74) is 3.71. The number of carbonyl (C=O) groups is 2. The van der Waals surface area contributed by atoms with E-state index in [2.05, 4.69) is 20.8 Å². The number of carbonyl (C=O) groups excluding carboxylic acids is 2. The van der Waals surface area contributed by atoms with Gasteiger partial charge in [-0.25, -0.2) is 0 Å². The van der Waals surface area contributed by atoms with Crippen LogP contribution in [0.25, 0.3) is 0 Å². The first-order valence-corrected chi connectivity index (χ1v) is 6.86. The number of primary amides is 1. The second-order valence-electron chi connectivity index (χ2n) is 6.79. The van der Waals surface area contributed by atoms with Crippen LogP contribution in [-0.4, -0.2) is 40.5 Å². The fraction of sp³-hybridized carbons (Fsp3) is 0.857. The molecule has 0 aliphatic carbocycles. The highest BCUT2D eigenvalue weighted by Gasteiger charge is 2.40. The Hall–Kier alpha value is -1.10. The van der Waals surface area contributed by atoms with Gasteiger partial charge < -0.3 is 15.7 Å². The van der Waals surface area contributed by atoms with Gasteiger partial charge in [0.1, 0.15) is 0 Å². The average molecular weight is 270 g/mol. The van der Waals surface area contributed by atoms with Gasteiger partial charge in [-0.15, -0.1) is 0 Å². The minimum absolute atomic E-state index is 0.0122. The molecule has 1 aliphatic rings. The molecule has 0 aromatic rings. The standard InChI is InChI=1S/C14H26N2O3/c1-10(13(2,3)4)8-11(17)16-7-5-6-14(19,9-16)12(15)18/h10,19H,5-9H2,1-4H3,(H2,15,18). The van der Waals surface area contributed by atoms with Gasteiger partial charge in [-0.3, -0.25) is 9.59 Å². The molecule has 5 nitrogen and oxygen atoms in total. The number of piperidine rings is 1. The Kier molecular flexibility index (Phi) is 4.61. The van der Waals surface area contributed by atoms with E-state index in [-0.39, 0.29) is 23.8 Å². The van der Waals surface area contributed by atoms with Crippen LogP contribution in [0, 0.1) is 11.3 Å². The summed E-state index contributed by atoms with van der Waals surface area (Å²) in [5.74, 6) is -0.515. The monoisotopic (exact) mass is 270 g/mol. The van der Waals surface area contributed by atoms with Crippen LogP contribution in [0.15, 0.2) is 0 Å². The molecular formula is C14H26N2O3. The molecule has 0 aromatic carbocycles. The van der Waals surface area contributed by atoms with Gasteiger partial charge in [0.15, 0.2) is 5.60 Å². The molecule has 1 saturated heterocycles. The molecule has 3 N–H and O–H groups in total. The summed E-state index contributed by atoms with van der Waals surface area (Å²) in [7, 11) is 0. The lowest BCUT2D eigenvalue weighted by Crippen LogP contribution is -2.57. The first-order chi connectivity index (χ1) is 8.56. The number of nitrogens with zero attached hydrogens (tertiary/aromatic N) is 1. The third kappa shape index (κ3) is 3.93. The number of hydrogen-bond acceptors (Lipinski definition) is 3. The van der Waals surface area contributed by atoms with Gasteiger partial charge in [0.2, 0.25) is 5.91 Å². The average Bonchev–Trinajstić information content (AvgIpc) is 2.27. The van der Waals surface area contributed by atoms with E-state index in [1.54, 1.807) is 4.90 Å². The van der Waals surface area contributed by atoms with E-state index in [4.69, 9.17) is 5.73 Å². The fourth-order valence-electron chi connectivity index (χ4n) is 2.15. The number of likely N-dealkylation sites (tertiary alicyclic amines) is 1. The van der Waals surface area contributed by atoms with E-state index in [0.717, 1.165) is 0 Å². The van der Waals surface area contributed by atoms with Crippen LogP contribution in [0.2, 0.25) is 0 Å². The zero-order valence-electron chi connectivity index (χ0n) is 12.4. The highest BCUT2D eigenvalue weighted by atomic mass is 16.3. The van der Waals surface area contributed by atoms with E-state index in [0.29, 0.717) is 25.8 Å². The van der Waals surface area contributed by atoms with Gasteiger partial charge >= 0.3 is 0 Å². The van der Waals surface area contributed by atoms with Crippen molar-refractivity contribution in [1.29, 1.82) is 0 Å². The maximum atomic E-state index is 12.2. The molecule has 0 aromatic heterocycles. The van der Waals surface area contributed by atoms with E-state index in [9.17, 15) is 14.7 Å². The lowest BCUT2D eigenvalue weighted by atomic mass is 9.79. The third-order valence-corrected chi connectivity index (χ3v) is 4.24. The lowest BCUT2D eigenvalue weighted by molar-refractivity contribution is -0.149. The molecular weight excluding hydrogens is 244 g/mol. The van der Waals surface area contributed by atoms with Gasteiger partial charge in [-0.05, 0) is 24.2 Å². The molecule has 19 heavy (non-hydrogen) atoms. The molecule has 5 heteroatoms. The maximum Gasteiger partial charge on any atom is 0.251 e. The fourth-order valence-corrected chi connectivity index (χ4v) is 2.15. The molecule has 2 atom stereocenters. The molecule has 1 aliphatic heterocycles. The first-order valence-electron chi connectivity index (χ1n) is 6.86. The van der Waals surface area contributed by atoms with Crippen LogP contribution in [-0.2, 0) is 9.59 Å². The molecule has 110 valence electrons. The van der Waals surface area contributed by atoms with Crippen LogP contribution in [0.4, 0.5) is 0 Å². The topological polar surface area (TPSA) is 83.6 Å². The number of β-amino-alcohol motifs (C(OH)–C–C–N with tert-alkyl or cyclic N) is 1. The number of amides is 2. The van der Waals surface area contributed by atoms with Crippen LogP contribution >= 0.6 is 0 Å². The Balaban J connectivity index is 2.66. The van der Waals surface area contributed by atoms with Crippen molar-refractivity contribution < 1.29 is 14.7 Å². The molecule has 1 rings (SSSR count). The molecule has 2 amide bonds. The summed E-state index contributed by atoms with van der Waals surface area (Å²) in [6, 6.07) is 0. The third-order valence-electron chi connectivity index (χ3n) is 4.24. The Morgan fingerprint density at radius 1 is 1.42 bits per heavy atom. The number of nitrogens with two attached hydrogens (primary N) is 1. The van der Waals surface area contributed by atoms with E-state index in [1.807, 2.05) is 6.92 Å². The van der Waals surface area contributed by atoms with Crippen LogP contribution in [0.3, 0.4) is 0 Å². The van der Waals surface area contributed by atoms with Crippen LogP contribution in [0.1, 0.15) is 47.0 Å². The molecule has 0 radical (unpaired) electrons. The van der Waals surface area contributed by atoms with Gasteiger partial charge in [0.25, 0.3) is 5.91 Å². The minimum Gasteiger partial charge on any atom is -0.378 e. The smallest absolute Gasteiger partial charge is 0.251 e. The molecule has 0 spiro atoms. The maximum absolute atomic E-state index is 12.2. The summed E-state index contributed by atoms with van der Waals surface area (Å²) in [6.07, 6.45) is 1.37. The second-order valence-corrected chi connectivity index (χ2v) is 6.79.